The van der Waals surface area contributed by atoms with E-state index in [0.29, 0.717) is 0 Å². The van der Waals surface area contributed by atoms with Gasteiger partial charge < -0.3 is 0 Å². The molecule has 18 heavy (non-hydrogen) atoms. The lowest BCUT2D eigenvalue weighted by atomic mass is 9.95. The number of fused-ring (bicyclic) bond motifs is 2. The Morgan fingerprint density at radius 1 is 0.944 bits per heavy atom. The van der Waals surface area contributed by atoms with Crippen LogP contribution in [0.15, 0.2) is 47.4 Å². The van der Waals surface area contributed by atoms with E-state index in [0.717, 1.165) is 24.0 Å². The van der Waals surface area contributed by atoms with Gasteiger partial charge in [0.25, 0.3) is 0 Å². The van der Waals surface area contributed by atoms with Gasteiger partial charge in [0.05, 0.1) is 0 Å². The monoisotopic (exact) mass is 302 g/mol. The Bertz CT molecular complexity index is 629. The minimum Gasteiger partial charge on any atom is -0.207 e. The normalized spacial score (nSPS) is 16.0. The zero-order chi connectivity index (χ0) is 12.5. The van der Waals surface area contributed by atoms with Gasteiger partial charge in [0, 0.05) is 0 Å². The van der Waals surface area contributed by atoms with Crippen LogP contribution in [0.25, 0.3) is 5.57 Å². The first-order valence-corrected chi connectivity index (χ1v) is 6.88. The van der Waals surface area contributed by atoms with E-state index in [1.54, 1.807) is 12.1 Å². The molecule has 0 bridgehead atoms. The van der Waals surface area contributed by atoms with Crippen molar-refractivity contribution >= 4 is 21.5 Å². The maximum atomic E-state index is 13.5. The molecule has 2 aromatic rings. The molecule has 0 aliphatic heterocycles. The van der Waals surface area contributed by atoms with E-state index in [2.05, 4.69) is 34.1 Å². The Morgan fingerprint density at radius 3 is 2.44 bits per heavy atom. The topological polar surface area (TPSA) is 0 Å². The van der Waals surface area contributed by atoms with Crippen molar-refractivity contribution in [1.82, 2.24) is 0 Å². The summed E-state index contributed by atoms with van der Waals surface area (Å²) in [6.07, 6.45) is 1.95. The van der Waals surface area contributed by atoms with Gasteiger partial charge in [0.2, 0.25) is 0 Å². The van der Waals surface area contributed by atoms with Crippen molar-refractivity contribution in [3.8, 4) is 0 Å². The van der Waals surface area contributed by atoms with E-state index >= 15 is 0 Å². The average Bonchev–Trinajstić information content (AvgIpc) is 2.54. The lowest BCUT2D eigenvalue weighted by molar-refractivity contribution is 0.626. The first kappa shape index (κ1) is 11.7. The van der Waals surface area contributed by atoms with E-state index in [9.17, 15) is 4.39 Å². The second-order valence-corrected chi connectivity index (χ2v) is 4.94. The summed E-state index contributed by atoms with van der Waals surface area (Å²) in [5.41, 5.74) is 5.78. The number of hydrogen-bond donors (Lipinski definition) is 0. The number of rotatable bonds is 0. The lowest BCUT2D eigenvalue weighted by Crippen LogP contribution is -1.92. The Balaban J connectivity index is 2.27. The van der Waals surface area contributed by atoms with Gasteiger partial charge in [0.1, 0.15) is 5.82 Å². The first-order chi connectivity index (χ1) is 8.79. The number of halogens is 2. The van der Waals surface area contributed by atoms with E-state index in [1.165, 1.54) is 16.7 Å². The molecule has 90 valence electrons. The highest BCUT2D eigenvalue weighted by molar-refractivity contribution is 9.11. The van der Waals surface area contributed by atoms with Crippen LogP contribution in [0, 0.1) is 5.82 Å². The van der Waals surface area contributed by atoms with Crippen molar-refractivity contribution in [2.75, 3.05) is 0 Å². The molecule has 1 aliphatic carbocycles. The van der Waals surface area contributed by atoms with Crippen LogP contribution in [0.3, 0.4) is 0 Å². The molecular formula is C16H12BrF. The molecule has 0 amide bonds. The van der Waals surface area contributed by atoms with E-state index in [4.69, 9.17) is 0 Å². The summed E-state index contributed by atoms with van der Waals surface area (Å²) >= 11 is 3.43. The van der Waals surface area contributed by atoms with Crippen LogP contribution in [0.1, 0.15) is 22.3 Å². The molecule has 2 aromatic carbocycles. The van der Waals surface area contributed by atoms with Crippen molar-refractivity contribution in [3.63, 3.8) is 0 Å². The van der Waals surface area contributed by atoms with Crippen LogP contribution in [-0.2, 0) is 12.8 Å². The van der Waals surface area contributed by atoms with Crippen molar-refractivity contribution in [2.24, 2.45) is 0 Å². The van der Waals surface area contributed by atoms with Crippen LogP contribution >= 0.6 is 15.9 Å². The molecule has 0 N–H and O–H groups in total. The third-order valence-electron chi connectivity index (χ3n) is 3.44. The lowest BCUT2D eigenvalue weighted by Gasteiger charge is -2.10. The smallest absolute Gasteiger partial charge is 0.123 e. The minimum absolute atomic E-state index is 0.181. The molecule has 0 aromatic heterocycles. The van der Waals surface area contributed by atoms with E-state index in [1.807, 2.05) is 17.1 Å². The Labute approximate surface area is 114 Å². The fourth-order valence-corrected chi connectivity index (χ4v) is 3.04. The highest BCUT2D eigenvalue weighted by Gasteiger charge is 2.17. The molecule has 0 atom stereocenters. The van der Waals surface area contributed by atoms with Crippen molar-refractivity contribution in [3.05, 3.63) is 75.5 Å². The zero-order valence-corrected chi connectivity index (χ0v) is 11.4. The van der Waals surface area contributed by atoms with Gasteiger partial charge in [-0.25, -0.2) is 4.39 Å². The van der Waals surface area contributed by atoms with Crippen LogP contribution in [0.2, 0.25) is 0 Å². The predicted octanol–water partition coefficient (Wildman–Crippen LogP) is 4.71. The fourth-order valence-electron chi connectivity index (χ4n) is 2.55. The Hall–Kier alpha value is -1.41. The number of hydrogen-bond acceptors (Lipinski definition) is 0. The van der Waals surface area contributed by atoms with Gasteiger partial charge in [-0.2, -0.15) is 0 Å². The SMILES string of the molecule is Fc1ccc2c(c1)C(=CBr)c1ccccc1CC2. The second-order valence-electron chi connectivity index (χ2n) is 4.48. The van der Waals surface area contributed by atoms with E-state index < -0.39 is 0 Å². The quantitative estimate of drug-likeness (QED) is 0.661. The van der Waals surface area contributed by atoms with Gasteiger partial charge in [-0.15, -0.1) is 0 Å². The molecule has 0 saturated heterocycles. The summed E-state index contributed by atoms with van der Waals surface area (Å²) < 4.78 is 13.5. The fraction of sp³-hybridized carbons (Fsp3) is 0.125. The molecule has 0 radical (unpaired) electrons. The maximum Gasteiger partial charge on any atom is 0.123 e. The molecule has 0 spiro atoms. The molecule has 3 rings (SSSR count). The largest absolute Gasteiger partial charge is 0.207 e. The Morgan fingerprint density at radius 2 is 1.67 bits per heavy atom. The van der Waals surface area contributed by atoms with Gasteiger partial charge in [-0.3, -0.25) is 0 Å². The molecule has 0 unspecified atom stereocenters. The zero-order valence-electron chi connectivity index (χ0n) is 9.79. The van der Waals surface area contributed by atoms with Crippen LogP contribution < -0.4 is 0 Å². The van der Waals surface area contributed by atoms with E-state index in [-0.39, 0.29) is 5.82 Å². The number of benzene rings is 2. The summed E-state index contributed by atoms with van der Waals surface area (Å²) in [7, 11) is 0. The van der Waals surface area contributed by atoms with Crippen molar-refractivity contribution < 1.29 is 4.39 Å². The highest BCUT2D eigenvalue weighted by atomic mass is 79.9. The van der Waals surface area contributed by atoms with Gasteiger partial charge >= 0.3 is 0 Å². The van der Waals surface area contributed by atoms with Gasteiger partial charge in [-0.05, 0) is 57.8 Å². The molecule has 0 heterocycles. The summed E-state index contributed by atoms with van der Waals surface area (Å²) in [6.45, 7) is 0. The van der Waals surface area contributed by atoms with Crippen LogP contribution in [0.4, 0.5) is 4.39 Å². The first-order valence-electron chi connectivity index (χ1n) is 5.97. The van der Waals surface area contributed by atoms with Crippen molar-refractivity contribution in [1.29, 1.82) is 0 Å². The highest BCUT2D eigenvalue weighted by Crippen LogP contribution is 2.34. The molecule has 0 fully saturated rings. The Kier molecular flexibility index (Phi) is 3.04. The summed E-state index contributed by atoms with van der Waals surface area (Å²) in [5.74, 6) is -0.181. The third-order valence-corrected chi connectivity index (χ3v) is 3.90. The third kappa shape index (κ3) is 1.91. The summed E-state index contributed by atoms with van der Waals surface area (Å²) in [6, 6.07) is 13.4. The van der Waals surface area contributed by atoms with Crippen LogP contribution in [0.5, 0.6) is 0 Å². The average molecular weight is 303 g/mol. The molecule has 2 heteroatoms. The standard InChI is InChI=1S/C16H12BrF/c17-10-16-14-4-2-1-3-11(14)5-6-12-7-8-13(18)9-15(12)16/h1-4,7-10H,5-6H2. The summed E-state index contributed by atoms with van der Waals surface area (Å²) in [4.78, 5) is 1.90. The molecule has 0 nitrogen and oxygen atoms in total. The molecular weight excluding hydrogens is 291 g/mol. The minimum atomic E-state index is -0.181. The number of aryl methyl sites for hydroxylation is 2. The predicted molar refractivity (Wildman–Crippen MR) is 76.3 cm³/mol. The molecule has 1 aliphatic rings. The maximum absolute atomic E-state index is 13.5. The summed E-state index contributed by atoms with van der Waals surface area (Å²) in [5, 5.41) is 0. The van der Waals surface area contributed by atoms with Gasteiger partial charge in [0.15, 0.2) is 0 Å². The second kappa shape index (κ2) is 4.69. The van der Waals surface area contributed by atoms with Crippen LogP contribution in [-0.4, -0.2) is 0 Å². The molecule has 0 saturated carbocycles. The van der Waals surface area contributed by atoms with Gasteiger partial charge in [-0.1, -0.05) is 46.3 Å². The van der Waals surface area contributed by atoms with Crippen molar-refractivity contribution in [2.45, 2.75) is 12.8 Å².